The maximum absolute atomic E-state index is 9.59. The molecule has 1 aliphatic rings. The van der Waals surface area contributed by atoms with Crippen molar-refractivity contribution in [2.24, 2.45) is 0 Å². The van der Waals surface area contributed by atoms with Crippen molar-refractivity contribution in [3.05, 3.63) is 6.07 Å². The molecular weight excluding hydrogens is 248 g/mol. The van der Waals surface area contributed by atoms with E-state index < -0.39 is 0 Å². The van der Waals surface area contributed by atoms with Crippen molar-refractivity contribution in [2.45, 2.75) is 31.0 Å². The van der Waals surface area contributed by atoms with Crippen LogP contribution >= 0.6 is 11.8 Å². The van der Waals surface area contributed by atoms with Gasteiger partial charge in [-0.05, 0) is 19.1 Å². The Morgan fingerprint density at radius 3 is 3.00 bits per heavy atom. The Balaban J connectivity index is 2.17. The van der Waals surface area contributed by atoms with Crippen LogP contribution in [0.15, 0.2) is 11.2 Å². The highest BCUT2D eigenvalue weighted by molar-refractivity contribution is 7.98. The minimum Gasteiger partial charge on any atom is -0.391 e. The average molecular weight is 268 g/mol. The quantitative estimate of drug-likeness (QED) is 0.625. The third kappa shape index (κ3) is 3.26. The smallest absolute Gasteiger partial charge is 0.191 e. The van der Waals surface area contributed by atoms with Gasteiger partial charge in [-0.3, -0.25) is 0 Å². The number of hydrogen-bond donors (Lipinski definition) is 2. The second-order valence-electron chi connectivity index (χ2n) is 4.41. The van der Waals surface area contributed by atoms with Crippen LogP contribution in [0, 0.1) is 0 Å². The molecule has 1 saturated heterocycles. The third-order valence-electron chi connectivity index (χ3n) is 2.92. The lowest BCUT2D eigenvalue weighted by molar-refractivity contribution is 0.198. The van der Waals surface area contributed by atoms with Crippen LogP contribution in [0.5, 0.6) is 0 Å². The van der Waals surface area contributed by atoms with Crippen molar-refractivity contribution in [3.8, 4) is 0 Å². The molecule has 1 aromatic rings. The Morgan fingerprint density at radius 2 is 2.39 bits per heavy atom. The summed E-state index contributed by atoms with van der Waals surface area (Å²) in [6.07, 6.45) is 3.62. The predicted octanol–water partition coefficient (Wildman–Crippen LogP) is 1.59. The van der Waals surface area contributed by atoms with Crippen LogP contribution in [0.4, 0.5) is 11.6 Å². The molecule has 2 rings (SSSR count). The van der Waals surface area contributed by atoms with Crippen molar-refractivity contribution in [1.29, 1.82) is 0 Å². The van der Waals surface area contributed by atoms with Crippen LogP contribution in [0.2, 0.25) is 0 Å². The van der Waals surface area contributed by atoms with Gasteiger partial charge in [0.2, 0.25) is 0 Å². The summed E-state index contributed by atoms with van der Waals surface area (Å²) in [5, 5.41) is 13.7. The van der Waals surface area contributed by atoms with Gasteiger partial charge in [0.15, 0.2) is 5.16 Å². The minimum absolute atomic E-state index is 0.232. The Kier molecular flexibility index (Phi) is 4.66. The second kappa shape index (κ2) is 6.24. The zero-order valence-electron chi connectivity index (χ0n) is 10.9. The van der Waals surface area contributed by atoms with E-state index in [9.17, 15) is 5.11 Å². The Labute approximate surface area is 112 Å². The SMILES string of the molecule is CCCNc1cc(N2CCC(O)C2)nc(SC)n1. The number of aliphatic hydroxyl groups is 1. The van der Waals surface area contributed by atoms with E-state index in [1.54, 1.807) is 0 Å². The molecule has 2 heterocycles. The minimum atomic E-state index is -0.232. The number of β-amino-alcohol motifs (C(OH)–C–C–N with tert-alkyl or cyclic N) is 1. The standard InChI is InChI=1S/C12H20N4OS/c1-3-5-13-10-7-11(15-12(14-10)18-2)16-6-4-9(17)8-16/h7,9,17H,3-6,8H2,1-2H3,(H,13,14,15). The van der Waals surface area contributed by atoms with Gasteiger partial charge < -0.3 is 15.3 Å². The highest BCUT2D eigenvalue weighted by atomic mass is 32.2. The van der Waals surface area contributed by atoms with E-state index in [1.807, 2.05) is 12.3 Å². The summed E-state index contributed by atoms with van der Waals surface area (Å²) in [5.41, 5.74) is 0. The molecule has 1 aliphatic heterocycles. The summed E-state index contributed by atoms with van der Waals surface area (Å²) in [5.74, 6) is 1.78. The van der Waals surface area contributed by atoms with E-state index in [0.29, 0.717) is 6.54 Å². The van der Waals surface area contributed by atoms with Crippen molar-refractivity contribution in [2.75, 3.05) is 36.1 Å². The highest BCUT2D eigenvalue weighted by Gasteiger charge is 2.22. The van der Waals surface area contributed by atoms with E-state index in [2.05, 4.69) is 27.1 Å². The van der Waals surface area contributed by atoms with Crippen LogP contribution < -0.4 is 10.2 Å². The molecule has 0 aliphatic carbocycles. The lowest BCUT2D eigenvalue weighted by Gasteiger charge is -2.18. The highest BCUT2D eigenvalue weighted by Crippen LogP contribution is 2.23. The van der Waals surface area contributed by atoms with Crippen LogP contribution in [0.25, 0.3) is 0 Å². The number of aromatic nitrogens is 2. The van der Waals surface area contributed by atoms with Crippen molar-refractivity contribution in [1.82, 2.24) is 9.97 Å². The lowest BCUT2D eigenvalue weighted by atomic mass is 10.3. The van der Waals surface area contributed by atoms with Crippen LogP contribution in [0.3, 0.4) is 0 Å². The molecule has 1 fully saturated rings. The molecule has 0 bridgehead atoms. The molecular formula is C12H20N4OS. The summed E-state index contributed by atoms with van der Waals surface area (Å²) in [6.45, 7) is 4.56. The molecule has 18 heavy (non-hydrogen) atoms. The number of aliphatic hydroxyl groups excluding tert-OH is 1. The summed E-state index contributed by atoms with van der Waals surface area (Å²) < 4.78 is 0. The fourth-order valence-electron chi connectivity index (χ4n) is 1.96. The van der Waals surface area contributed by atoms with Gasteiger partial charge in [0.05, 0.1) is 6.10 Å². The molecule has 1 aromatic heterocycles. The first-order valence-electron chi connectivity index (χ1n) is 6.33. The molecule has 1 unspecified atom stereocenters. The number of nitrogens with zero attached hydrogens (tertiary/aromatic N) is 3. The van der Waals surface area contributed by atoms with E-state index in [0.717, 1.165) is 42.7 Å². The monoisotopic (exact) mass is 268 g/mol. The molecule has 1 atom stereocenters. The normalized spacial score (nSPS) is 19.3. The first-order chi connectivity index (χ1) is 8.72. The molecule has 5 nitrogen and oxygen atoms in total. The van der Waals surface area contributed by atoms with E-state index in [-0.39, 0.29) is 6.10 Å². The van der Waals surface area contributed by atoms with E-state index in [4.69, 9.17) is 0 Å². The molecule has 0 spiro atoms. The first-order valence-corrected chi connectivity index (χ1v) is 7.55. The largest absolute Gasteiger partial charge is 0.391 e. The van der Waals surface area contributed by atoms with Gasteiger partial charge >= 0.3 is 0 Å². The Hall–Kier alpha value is -1.01. The van der Waals surface area contributed by atoms with Gasteiger partial charge in [0, 0.05) is 25.7 Å². The fraction of sp³-hybridized carbons (Fsp3) is 0.667. The molecule has 0 aromatic carbocycles. The maximum atomic E-state index is 9.59. The summed E-state index contributed by atoms with van der Waals surface area (Å²) in [4.78, 5) is 11.0. The molecule has 0 saturated carbocycles. The van der Waals surface area contributed by atoms with Gasteiger partial charge in [-0.1, -0.05) is 18.7 Å². The number of rotatable bonds is 5. The molecule has 100 valence electrons. The van der Waals surface area contributed by atoms with E-state index in [1.165, 1.54) is 11.8 Å². The first kappa shape index (κ1) is 13.4. The average Bonchev–Trinajstić information content (AvgIpc) is 2.82. The molecule has 0 amide bonds. The Morgan fingerprint density at radius 1 is 1.56 bits per heavy atom. The topological polar surface area (TPSA) is 61.3 Å². The zero-order valence-corrected chi connectivity index (χ0v) is 11.7. The number of anilines is 2. The molecule has 2 N–H and O–H groups in total. The maximum Gasteiger partial charge on any atom is 0.191 e. The summed E-state index contributed by atoms with van der Waals surface area (Å²) in [6, 6.07) is 1.97. The van der Waals surface area contributed by atoms with Crippen LogP contribution in [-0.2, 0) is 0 Å². The lowest BCUT2D eigenvalue weighted by Crippen LogP contribution is -2.22. The van der Waals surface area contributed by atoms with E-state index >= 15 is 0 Å². The van der Waals surface area contributed by atoms with Gasteiger partial charge in [0.1, 0.15) is 11.6 Å². The summed E-state index contributed by atoms with van der Waals surface area (Å²) >= 11 is 1.54. The van der Waals surface area contributed by atoms with Gasteiger partial charge in [-0.15, -0.1) is 0 Å². The number of hydrogen-bond acceptors (Lipinski definition) is 6. The molecule has 0 radical (unpaired) electrons. The molecule has 6 heteroatoms. The number of thioether (sulfide) groups is 1. The van der Waals surface area contributed by atoms with Crippen molar-refractivity contribution in [3.63, 3.8) is 0 Å². The predicted molar refractivity (Wildman–Crippen MR) is 75.4 cm³/mol. The van der Waals surface area contributed by atoms with Crippen LogP contribution in [0.1, 0.15) is 19.8 Å². The van der Waals surface area contributed by atoms with Crippen LogP contribution in [-0.4, -0.2) is 47.1 Å². The van der Waals surface area contributed by atoms with Crippen molar-refractivity contribution >= 4 is 23.4 Å². The van der Waals surface area contributed by atoms with Crippen molar-refractivity contribution < 1.29 is 5.11 Å². The summed E-state index contributed by atoms with van der Waals surface area (Å²) in [7, 11) is 0. The third-order valence-corrected chi connectivity index (χ3v) is 3.47. The zero-order chi connectivity index (χ0) is 13.0. The van der Waals surface area contributed by atoms with Gasteiger partial charge in [0.25, 0.3) is 0 Å². The Bertz CT molecular complexity index is 402. The fourth-order valence-corrected chi connectivity index (χ4v) is 2.33. The van der Waals surface area contributed by atoms with Gasteiger partial charge in [-0.2, -0.15) is 0 Å². The number of nitrogens with one attached hydrogen (secondary N) is 1. The van der Waals surface area contributed by atoms with Gasteiger partial charge in [-0.25, -0.2) is 9.97 Å². The second-order valence-corrected chi connectivity index (χ2v) is 5.19.